The number of amides is 3. The van der Waals surface area contributed by atoms with E-state index in [0.29, 0.717) is 43.3 Å². The lowest BCUT2D eigenvalue weighted by atomic mass is 10.0. The van der Waals surface area contributed by atoms with Gasteiger partial charge in [0.2, 0.25) is 5.91 Å². The summed E-state index contributed by atoms with van der Waals surface area (Å²) in [5.41, 5.74) is 0.471. The monoisotopic (exact) mass is 618 g/mol. The molecule has 4 heterocycles. The number of halogens is 4. The summed E-state index contributed by atoms with van der Waals surface area (Å²) in [4.78, 5) is 48.9. The number of aromatic nitrogens is 4. The van der Waals surface area contributed by atoms with E-state index >= 15 is 0 Å². The third-order valence-corrected chi connectivity index (χ3v) is 8.37. The first-order chi connectivity index (χ1) is 20.6. The minimum absolute atomic E-state index is 0.0248. The van der Waals surface area contributed by atoms with Gasteiger partial charge in [0.05, 0.1) is 16.6 Å². The van der Waals surface area contributed by atoms with Crippen LogP contribution >= 0.6 is 11.6 Å². The van der Waals surface area contributed by atoms with E-state index in [-0.39, 0.29) is 52.2 Å². The van der Waals surface area contributed by atoms with Gasteiger partial charge in [0.1, 0.15) is 0 Å². The molecule has 0 radical (unpaired) electrons. The van der Waals surface area contributed by atoms with Crippen LogP contribution in [0.3, 0.4) is 0 Å². The summed E-state index contributed by atoms with van der Waals surface area (Å²) in [7, 11) is 0. The number of nitrogens with zero attached hydrogens (tertiary/aromatic N) is 4. The van der Waals surface area contributed by atoms with Crippen molar-refractivity contribution in [2.45, 2.75) is 50.2 Å². The molecule has 3 aliphatic rings. The SMILES string of the molecule is O=C(Nc1ccc(C(=O)N2CCN(C(=O)[C@H]3CCCN3)CC2)c(Cl)c1)c1ncc(Cc2c(C(F)(F)F)n[nH]c2C2CC2)[nH]1. The van der Waals surface area contributed by atoms with Gasteiger partial charge in [-0.15, -0.1) is 0 Å². The van der Waals surface area contributed by atoms with Crippen LogP contribution in [-0.4, -0.2) is 86.5 Å². The number of hydrogen-bond acceptors (Lipinski definition) is 6. The van der Waals surface area contributed by atoms with E-state index in [1.807, 2.05) is 0 Å². The fourth-order valence-electron chi connectivity index (χ4n) is 5.63. The molecule has 6 rings (SSSR count). The maximum Gasteiger partial charge on any atom is 0.435 e. The number of alkyl halides is 3. The van der Waals surface area contributed by atoms with Crippen molar-refractivity contribution in [3.05, 3.63) is 63.5 Å². The third-order valence-electron chi connectivity index (χ3n) is 8.06. The van der Waals surface area contributed by atoms with Crippen LogP contribution in [0.2, 0.25) is 5.02 Å². The number of carbonyl (C=O) groups excluding carboxylic acids is 3. The van der Waals surface area contributed by atoms with Crippen LogP contribution in [0.5, 0.6) is 0 Å². The molecule has 1 aromatic carbocycles. The summed E-state index contributed by atoms with van der Waals surface area (Å²) in [5.74, 6) is -0.882. The van der Waals surface area contributed by atoms with E-state index < -0.39 is 17.8 Å². The molecule has 4 N–H and O–H groups in total. The van der Waals surface area contributed by atoms with Gasteiger partial charge in [-0.05, 0) is 50.4 Å². The number of imidazole rings is 1. The molecule has 2 saturated heterocycles. The van der Waals surface area contributed by atoms with Crippen molar-refractivity contribution in [3.8, 4) is 0 Å². The van der Waals surface area contributed by atoms with E-state index in [0.717, 1.165) is 32.2 Å². The van der Waals surface area contributed by atoms with Crippen molar-refractivity contribution in [2.75, 3.05) is 38.0 Å². The van der Waals surface area contributed by atoms with E-state index in [2.05, 4.69) is 30.8 Å². The van der Waals surface area contributed by atoms with Crippen LogP contribution < -0.4 is 10.6 Å². The molecule has 11 nitrogen and oxygen atoms in total. The Morgan fingerprint density at radius 3 is 2.47 bits per heavy atom. The highest BCUT2D eigenvalue weighted by Crippen LogP contribution is 2.44. The largest absolute Gasteiger partial charge is 0.435 e. The number of hydrogen-bond donors (Lipinski definition) is 4. The molecular formula is C28H30ClF3N8O3. The standard InChI is InChI=1S/C28H30ClF3N8O3/c29-20-13-16(5-6-18(20)26(42)39-8-10-40(11-9-39)27(43)21-2-1-7-33-21)36-25(41)24-34-14-17(35-24)12-19-22(15-3-4-15)37-38-23(19)28(30,31)32/h5-6,13-15,21,33H,1-4,7-12H2,(H,34,35)(H,36,41)(H,37,38)/t21-/m1/s1. The van der Waals surface area contributed by atoms with Gasteiger partial charge in [-0.25, -0.2) is 4.98 Å². The van der Waals surface area contributed by atoms with Crippen molar-refractivity contribution in [1.82, 2.24) is 35.3 Å². The lowest BCUT2D eigenvalue weighted by Crippen LogP contribution is -2.54. The summed E-state index contributed by atoms with van der Waals surface area (Å²) in [6.07, 6.45) is 0.00770. The van der Waals surface area contributed by atoms with E-state index in [9.17, 15) is 27.6 Å². The van der Waals surface area contributed by atoms with E-state index in [1.165, 1.54) is 24.4 Å². The normalized spacial score (nSPS) is 19.1. The molecule has 1 atom stereocenters. The second-order valence-corrected chi connectivity index (χ2v) is 11.5. The Morgan fingerprint density at radius 2 is 1.81 bits per heavy atom. The molecule has 3 amide bonds. The number of benzene rings is 1. The molecule has 228 valence electrons. The Balaban J connectivity index is 1.07. The van der Waals surface area contributed by atoms with Gasteiger partial charge in [0.15, 0.2) is 11.5 Å². The smallest absolute Gasteiger partial charge is 0.338 e. The third kappa shape index (κ3) is 6.25. The molecule has 0 spiro atoms. The second kappa shape index (κ2) is 11.6. The summed E-state index contributed by atoms with van der Waals surface area (Å²) in [6, 6.07) is 4.36. The second-order valence-electron chi connectivity index (χ2n) is 11.1. The van der Waals surface area contributed by atoms with E-state index in [1.54, 1.807) is 9.80 Å². The lowest BCUT2D eigenvalue weighted by molar-refractivity contribution is -0.141. The summed E-state index contributed by atoms with van der Waals surface area (Å²) < 4.78 is 40.5. The summed E-state index contributed by atoms with van der Waals surface area (Å²) >= 11 is 6.42. The van der Waals surface area contributed by atoms with Crippen LogP contribution in [0.4, 0.5) is 18.9 Å². The van der Waals surface area contributed by atoms with Crippen molar-refractivity contribution in [2.24, 2.45) is 0 Å². The minimum Gasteiger partial charge on any atom is -0.338 e. The zero-order chi connectivity index (χ0) is 30.3. The Labute approximate surface area is 249 Å². The maximum absolute atomic E-state index is 13.5. The van der Waals surface area contributed by atoms with Crippen LogP contribution in [0, 0.1) is 0 Å². The highest BCUT2D eigenvalue weighted by molar-refractivity contribution is 6.34. The fraction of sp³-hybridized carbons (Fsp3) is 0.464. The molecular weight excluding hydrogens is 589 g/mol. The first kappa shape index (κ1) is 29.2. The lowest BCUT2D eigenvalue weighted by Gasteiger charge is -2.36. The molecule has 3 fully saturated rings. The quantitative estimate of drug-likeness (QED) is 0.319. The van der Waals surface area contributed by atoms with Gasteiger partial charge < -0.3 is 25.4 Å². The van der Waals surface area contributed by atoms with Crippen molar-refractivity contribution < 1.29 is 27.6 Å². The summed E-state index contributed by atoms with van der Waals surface area (Å²) in [5, 5.41) is 12.0. The molecule has 0 bridgehead atoms. The van der Waals surface area contributed by atoms with Crippen molar-refractivity contribution in [1.29, 1.82) is 0 Å². The molecule has 2 aliphatic heterocycles. The minimum atomic E-state index is -4.61. The first-order valence-electron chi connectivity index (χ1n) is 14.2. The van der Waals surface area contributed by atoms with Crippen LogP contribution in [0.15, 0.2) is 24.4 Å². The molecule has 3 aromatic rings. The number of carbonyl (C=O) groups is 3. The van der Waals surface area contributed by atoms with Gasteiger partial charge in [0.25, 0.3) is 11.8 Å². The zero-order valence-electron chi connectivity index (χ0n) is 23.1. The average Bonchev–Trinajstić information content (AvgIpc) is 3.34. The highest BCUT2D eigenvalue weighted by atomic mass is 35.5. The molecule has 2 aromatic heterocycles. The van der Waals surface area contributed by atoms with Crippen LogP contribution in [0.1, 0.15) is 75.2 Å². The Hall–Kier alpha value is -3.91. The summed E-state index contributed by atoms with van der Waals surface area (Å²) in [6.45, 7) is 2.50. The number of piperazine rings is 1. The predicted octanol–water partition coefficient (Wildman–Crippen LogP) is 3.56. The van der Waals surface area contributed by atoms with Gasteiger partial charge in [-0.1, -0.05) is 11.6 Å². The number of nitrogens with one attached hydrogen (secondary N) is 4. The van der Waals surface area contributed by atoms with Crippen molar-refractivity contribution in [3.63, 3.8) is 0 Å². The average molecular weight is 619 g/mol. The van der Waals surface area contributed by atoms with Crippen LogP contribution in [0.25, 0.3) is 0 Å². The Morgan fingerprint density at radius 1 is 1.07 bits per heavy atom. The number of aromatic amines is 2. The number of anilines is 1. The van der Waals surface area contributed by atoms with Gasteiger partial charge in [-0.2, -0.15) is 18.3 Å². The molecule has 43 heavy (non-hydrogen) atoms. The van der Waals surface area contributed by atoms with Gasteiger partial charge in [-0.3, -0.25) is 19.5 Å². The highest BCUT2D eigenvalue weighted by Gasteiger charge is 2.40. The van der Waals surface area contributed by atoms with Gasteiger partial charge in [0, 0.05) is 67.4 Å². The van der Waals surface area contributed by atoms with Crippen LogP contribution in [-0.2, 0) is 17.4 Å². The number of rotatable bonds is 7. The Kier molecular flexibility index (Phi) is 7.90. The zero-order valence-corrected chi connectivity index (χ0v) is 23.8. The topological polar surface area (TPSA) is 139 Å². The first-order valence-corrected chi connectivity index (χ1v) is 14.6. The van der Waals surface area contributed by atoms with Crippen molar-refractivity contribution >= 4 is 35.0 Å². The van der Waals surface area contributed by atoms with Gasteiger partial charge >= 0.3 is 6.18 Å². The van der Waals surface area contributed by atoms with E-state index in [4.69, 9.17) is 11.6 Å². The molecule has 1 saturated carbocycles. The maximum atomic E-state index is 13.5. The predicted molar refractivity (Wildman–Crippen MR) is 150 cm³/mol. The fourth-order valence-corrected chi connectivity index (χ4v) is 5.89. The number of H-pyrrole nitrogens is 2. The Bertz CT molecular complexity index is 1540. The molecule has 0 unspecified atom stereocenters. The molecule has 15 heteroatoms. The molecule has 1 aliphatic carbocycles.